The van der Waals surface area contributed by atoms with Crippen LogP contribution in [-0.2, 0) is 4.79 Å². The molecule has 5 nitrogen and oxygen atoms in total. The monoisotopic (exact) mass is 402 g/mol. The second-order valence-corrected chi connectivity index (χ2v) is 9.91. The van der Waals surface area contributed by atoms with E-state index in [1.54, 1.807) is 0 Å². The van der Waals surface area contributed by atoms with Crippen LogP contribution in [0.1, 0.15) is 65.7 Å². The molecule has 1 aromatic carbocycles. The highest BCUT2D eigenvalue weighted by molar-refractivity contribution is 5.66. The van der Waals surface area contributed by atoms with E-state index in [4.69, 9.17) is 9.84 Å². The molecular formula is C24H38N2O3. The largest absolute Gasteiger partial charge is 0.490 e. The van der Waals surface area contributed by atoms with Crippen molar-refractivity contribution in [1.29, 1.82) is 0 Å². The number of aliphatic carboxylic acids is 1. The minimum absolute atomic E-state index is 0.219. The molecule has 0 bridgehead atoms. The van der Waals surface area contributed by atoms with Crippen LogP contribution >= 0.6 is 0 Å². The van der Waals surface area contributed by atoms with Crippen LogP contribution in [0.15, 0.2) is 24.3 Å². The summed E-state index contributed by atoms with van der Waals surface area (Å²) >= 11 is 0. The molecule has 1 saturated heterocycles. The molecule has 29 heavy (non-hydrogen) atoms. The van der Waals surface area contributed by atoms with Crippen molar-refractivity contribution in [3.8, 4) is 5.75 Å². The Hall–Kier alpha value is -1.75. The first-order valence-electron chi connectivity index (χ1n) is 11.3. The summed E-state index contributed by atoms with van der Waals surface area (Å²) < 4.78 is 6.24. The number of nitrogens with one attached hydrogen (secondary N) is 1. The van der Waals surface area contributed by atoms with E-state index in [1.807, 2.05) is 0 Å². The van der Waals surface area contributed by atoms with Crippen molar-refractivity contribution in [2.75, 3.05) is 25.0 Å². The number of hydrogen-bond donors (Lipinski definition) is 2. The minimum atomic E-state index is -0.720. The Morgan fingerprint density at radius 3 is 2.45 bits per heavy atom. The SMILES string of the molecule is CC(C)(C)[C@H]1CC[C@H](Oc2ccc(NC3CCCN(CCC(=O)O)C3)cc2)CC1. The molecule has 0 amide bonds. The van der Waals surface area contributed by atoms with Gasteiger partial charge in [-0.1, -0.05) is 20.8 Å². The molecule has 2 aliphatic rings. The number of ether oxygens (including phenoxy) is 1. The van der Waals surface area contributed by atoms with Crippen LogP contribution in [0.5, 0.6) is 5.75 Å². The number of carboxylic acid groups (broad SMARTS) is 1. The van der Waals surface area contributed by atoms with Gasteiger partial charge in [-0.3, -0.25) is 4.79 Å². The van der Waals surface area contributed by atoms with Crippen molar-refractivity contribution in [2.45, 2.75) is 77.9 Å². The average Bonchev–Trinajstić information content (AvgIpc) is 2.68. The first-order valence-corrected chi connectivity index (χ1v) is 11.3. The number of piperidine rings is 1. The van der Waals surface area contributed by atoms with Crippen LogP contribution in [0.25, 0.3) is 0 Å². The Labute approximate surface area is 175 Å². The van der Waals surface area contributed by atoms with Gasteiger partial charge in [-0.2, -0.15) is 0 Å². The summed E-state index contributed by atoms with van der Waals surface area (Å²) in [5, 5.41) is 12.5. The van der Waals surface area contributed by atoms with Gasteiger partial charge in [0.25, 0.3) is 0 Å². The van der Waals surface area contributed by atoms with E-state index >= 15 is 0 Å². The highest BCUT2D eigenvalue weighted by Gasteiger charge is 2.30. The molecule has 1 aliphatic carbocycles. The normalized spacial score (nSPS) is 26.1. The quantitative estimate of drug-likeness (QED) is 0.670. The van der Waals surface area contributed by atoms with E-state index in [0.717, 1.165) is 56.1 Å². The Morgan fingerprint density at radius 1 is 1.14 bits per heavy atom. The van der Waals surface area contributed by atoms with E-state index < -0.39 is 5.97 Å². The van der Waals surface area contributed by atoms with E-state index in [9.17, 15) is 4.79 Å². The van der Waals surface area contributed by atoms with Gasteiger partial charge in [0.2, 0.25) is 0 Å². The second-order valence-electron chi connectivity index (χ2n) is 9.91. The summed E-state index contributed by atoms with van der Waals surface area (Å²) in [7, 11) is 0. The van der Waals surface area contributed by atoms with Gasteiger partial charge < -0.3 is 20.1 Å². The third-order valence-corrected chi connectivity index (χ3v) is 6.57. The maximum absolute atomic E-state index is 10.8. The highest BCUT2D eigenvalue weighted by atomic mass is 16.5. The summed E-state index contributed by atoms with van der Waals surface area (Å²) in [6.07, 6.45) is 7.60. The third-order valence-electron chi connectivity index (χ3n) is 6.57. The zero-order valence-electron chi connectivity index (χ0n) is 18.3. The van der Waals surface area contributed by atoms with Gasteiger partial charge in [-0.25, -0.2) is 0 Å². The van der Waals surface area contributed by atoms with Crippen LogP contribution < -0.4 is 10.1 Å². The first kappa shape index (κ1) is 21.9. The Kier molecular flexibility index (Phi) is 7.44. The topological polar surface area (TPSA) is 61.8 Å². The van der Waals surface area contributed by atoms with Gasteiger partial charge in [0, 0.05) is 24.8 Å². The van der Waals surface area contributed by atoms with E-state index in [-0.39, 0.29) is 6.42 Å². The Morgan fingerprint density at radius 2 is 1.83 bits per heavy atom. The van der Waals surface area contributed by atoms with Gasteiger partial charge in [0.15, 0.2) is 0 Å². The first-order chi connectivity index (χ1) is 13.8. The predicted molar refractivity (Wildman–Crippen MR) is 118 cm³/mol. The van der Waals surface area contributed by atoms with Crippen molar-refractivity contribution in [3.05, 3.63) is 24.3 Å². The lowest BCUT2D eigenvalue weighted by Crippen LogP contribution is -2.42. The van der Waals surface area contributed by atoms with Gasteiger partial charge in [-0.15, -0.1) is 0 Å². The molecule has 3 rings (SSSR count). The van der Waals surface area contributed by atoms with Crippen molar-refractivity contribution in [2.24, 2.45) is 11.3 Å². The Balaban J connectivity index is 1.44. The van der Waals surface area contributed by atoms with Gasteiger partial charge in [0.1, 0.15) is 5.75 Å². The highest BCUT2D eigenvalue weighted by Crippen LogP contribution is 2.38. The molecule has 1 heterocycles. The predicted octanol–water partition coefficient (Wildman–Crippen LogP) is 5.02. The molecule has 2 fully saturated rings. The molecule has 1 aliphatic heterocycles. The number of benzene rings is 1. The van der Waals surface area contributed by atoms with Crippen LogP contribution in [-0.4, -0.2) is 47.8 Å². The molecule has 1 unspecified atom stereocenters. The number of likely N-dealkylation sites (tertiary alicyclic amines) is 1. The van der Waals surface area contributed by atoms with Crippen molar-refractivity contribution in [3.63, 3.8) is 0 Å². The fraction of sp³-hybridized carbons (Fsp3) is 0.708. The number of carbonyl (C=O) groups is 1. The van der Waals surface area contributed by atoms with Gasteiger partial charge in [-0.05, 0) is 80.7 Å². The van der Waals surface area contributed by atoms with Crippen molar-refractivity contribution in [1.82, 2.24) is 4.90 Å². The van der Waals surface area contributed by atoms with E-state index in [0.29, 0.717) is 24.1 Å². The maximum Gasteiger partial charge on any atom is 0.304 e. The smallest absolute Gasteiger partial charge is 0.304 e. The molecule has 1 saturated carbocycles. The second kappa shape index (κ2) is 9.84. The molecule has 1 aromatic rings. The zero-order chi connectivity index (χ0) is 20.9. The molecule has 0 aromatic heterocycles. The van der Waals surface area contributed by atoms with Crippen LogP contribution in [0.4, 0.5) is 5.69 Å². The molecule has 0 radical (unpaired) electrons. The number of anilines is 1. The number of rotatable bonds is 7. The van der Waals surface area contributed by atoms with Gasteiger partial charge in [0.05, 0.1) is 12.5 Å². The van der Waals surface area contributed by atoms with Crippen molar-refractivity contribution < 1.29 is 14.6 Å². The molecule has 1 atom stereocenters. The van der Waals surface area contributed by atoms with Crippen LogP contribution in [0, 0.1) is 11.3 Å². The molecule has 0 spiro atoms. The third kappa shape index (κ3) is 6.91. The molecule has 162 valence electrons. The maximum atomic E-state index is 10.8. The van der Waals surface area contributed by atoms with Crippen LogP contribution in [0.2, 0.25) is 0 Å². The molecule has 5 heteroatoms. The summed E-state index contributed by atoms with van der Waals surface area (Å²) in [6, 6.07) is 8.72. The number of hydrogen-bond acceptors (Lipinski definition) is 4. The Bertz CT molecular complexity index is 645. The summed E-state index contributed by atoms with van der Waals surface area (Å²) in [4.78, 5) is 13.0. The number of nitrogens with zero attached hydrogens (tertiary/aromatic N) is 1. The fourth-order valence-corrected chi connectivity index (χ4v) is 4.73. The number of carboxylic acids is 1. The summed E-state index contributed by atoms with van der Waals surface area (Å²) in [5.74, 6) is 1.04. The standard InChI is InChI=1S/C24H38N2O3/c1-24(2,3)18-6-10-21(11-7-18)29-22-12-8-19(9-13-22)25-20-5-4-15-26(17-20)16-14-23(27)28/h8-9,12-13,18,20-21,25H,4-7,10-11,14-17H2,1-3H3,(H,27,28)/t18-,20?,21-. The fourth-order valence-electron chi connectivity index (χ4n) is 4.73. The van der Waals surface area contributed by atoms with Crippen molar-refractivity contribution >= 4 is 11.7 Å². The van der Waals surface area contributed by atoms with E-state index in [1.165, 1.54) is 12.8 Å². The summed E-state index contributed by atoms with van der Waals surface area (Å²) in [6.45, 7) is 9.59. The zero-order valence-corrected chi connectivity index (χ0v) is 18.3. The van der Waals surface area contributed by atoms with E-state index in [2.05, 4.69) is 55.3 Å². The minimum Gasteiger partial charge on any atom is -0.490 e. The molecule has 2 N–H and O–H groups in total. The van der Waals surface area contributed by atoms with Crippen LogP contribution in [0.3, 0.4) is 0 Å². The average molecular weight is 403 g/mol. The lowest BCUT2D eigenvalue weighted by Gasteiger charge is -2.37. The lowest BCUT2D eigenvalue weighted by atomic mass is 9.72. The summed E-state index contributed by atoms with van der Waals surface area (Å²) in [5.41, 5.74) is 1.51. The molecular weight excluding hydrogens is 364 g/mol. The van der Waals surface area contributed by atoms with Gasteiger partial charge >= 0.3 is 5.97 Å². The lowest BCUT2D eigenvalue weighted by molar-refractivity contribution is -0.137.